The highest BCUT2D eigenvalue weighted by Gasteiger charge is 2.36. The van der Waals surface area contributed by atoms with Gasteiger partial charge in [0.15, 0.2) is 17.3 Å². The normalized spacial score (nSPS) is 17.9. The molecule has 0 fully saturated rings. The summed E-state index contributed by atoms with van der Waals surface area (Å²) in [6.45, 7) is 6.01. The molecule has 0 spiro atoms. The summed E-state index contributed by atoms with van der Waals surface area (Å²) in [5.74, 6) is 0.890. The molecule has 2 aliphatic heterocycles. The van der Waals surface area contributed by atoms with Crippen molar-refractivity contribution < 1.29 is 14.3 Å². The second-order valence-corrected chi connectivity index (χ2v) is 8.68. The number of amides is 1. The first-order valence-electron chi connectivity index (χ1n) is 10.3. The molecular formula is C24H24N4O3S. The average molecular weight is 449 g/mol. The van der Waals surface area contributed by atoms with Gasteiger partial charge in [0.25, 0.3) is 5.91 Å². The molecule has 1 N–H and O–H groups in total. The minimum absolute atomic E-state index is 0.0140. The van der Waals surface area contributed by atoms with E-state index in [9.17, 15) is 4.79 Å². The molecule has 2 aliphatic rings. The molecule has 0 saturated carbocycles. The number of carbonyl (C=O) groups excluding carboxylic acids is 1. The third-order valence-corrected chi connectivity index (χ3v) is 6.24. The van der Waals surface area contributed by atoms with E-state index in [1.807, 2.05) is 57.2 Å². The first-order valence-corrected chi connectivity index (χ1v) is 11.1. The van der Waals surface area contributed by atoms with Crippen LogP contribution in [0.3, 0.4) is 0 Å². The zero-order valence-electron chi connectivity index (χ0n) is 18.3. The first kappa shape index (κ1) is 21.8. The van der Waals surface area contributed by atoms with Crippen molar-refractivity contribution in [3.05, 3.63) is 65.2 Å². The predicted molar refractivity (Wildman–Crippen MR) is 128 cm³/mol. The Labute approximate surface area is 191 Å². The zero-order chi connectivity index (χ0) is 22.8. The number of fused-ring (bicyclic) bond motifs is 1. The molecule has 7 nitrogen and oxygen atoms in total. The van der Waals surface area contributed by atoms with Crippen molar-refractivity contribution in [2.45, 2.75) is 26.9 Å². The summed E-state index contributed by atoms with van der Waals surface area (Å²) in [6, 6.07) is 15.3. The van der Waals surface area contributed by atoms with Gasteiger partial charge in [0.05, 0.1) is 12.7 Å². The Bertz CT molecular complexity index is 1160. The van der Waals surface area contributed by atoms with Crippen molar-refractivity contribution >= 4 is 39.8 Å². The van der Waals surface area contributed by atoms with Crippen LogP contribution in [0.4, 0.5) is 0 Å². The van der Waals surface area contributed by atoms with Crippen LogP contribution in [0.25, 0.3) is 6.08 Å². The number of benzene rings is 2. The molecule has 1 atom stereocenters. The van der Waals surface area contributed by atoms with Gasteiger partial charge >= 0.3 is 0 Å². The van der Waals surface area contributed by atoms with E-state index in [0.29, 0.717) is 22.2 Å². The van der Waals surface area contributed by atoms with Gasteiger partial charge in [0.1, 0.15) is 11.1 Å². The van der Waals surface area contributed by atoms with Crippen molar-refractivity contribution in [3.8, 4) is 11.5 Å². The molecular weight excluding hydrogens is 424 g/mol. The third-order valence-electron chi connectivity index (χ3n) is 5.04. The fraction of sp³-hybridized carbons (Fsp3) is 0.250. The number of carbonyl (C=O) groups is 1. The molecule has 2 aromatic carbocycles. The molecule has 0 radical (unpaired) electrons. The van der Waals surface area contributed by atoms with Crippen LogP contribution in [-0.4, -0.2) is 34.1 Å². The zero-order valence-corrected chi connectivity index (χ0v) is 19.1. The van der Waals surface area contributed by atoms with Crippen molar-refractivity contribution in [1.82, 2.24) is 5.01 Å². The molecule has 4 rings (SSSR count). The Morgan fingerprint density at radius 2 is 1.84 bits per heavy atom. The largest absolute Gasteiger partial charge is 0.493 e. The molecule has 0 aliphatic carbocycles. The molecule has 0 saturated heterocycles. The maximum Gasteiger partial charge on any atom is 0.283 e. The lowest BCUT2D eigenvalue weighted by molar-refractivity contribution is -0.114. The minimum Gasteiger partial charge on any atom is -0.493 e. The maximum absolute atomic E-state index is 12.6. The van der Waals surface area contributed by atoms with Crippen LogP contribution in [0.2, 0.25) is 0 Å². The summed E-state index contributed by atoms with van der Waals surface area (Å²) < 4.78 is 11.6. The van der Waals surface area contributed by atoms with Gasteiger partial charge in [-0.25, -0.2) is 0 Å². The van der Waals surface area contributed by atoms with Crippen molar-refractivity contribution in [1.29, 1.82) is 5.41 Å². The van der Waals surface area contributed by atoms with Crippen LogP contribution in [0, 0.1) is 11.3 Å². The Hall–Kier alpha value is -3.39. The number of hydrogen-bond acceptors (Lipinski definition) is 6. The van der Waals surface area contributed by atoms with Crippen LogP contribution >= 0.6 is 11.8 Å². The standard InChI is InChI=1S/C24H24N4O3S/c1-14(2)23-27-28-21(25)18(22(29)26-24(28)32-23)12-16-10-11-19(20(13-16)30-4)31-15(3)17-8-6-5-7-9-17/h5-15,25H,1-4H3/b18-12-,25-21?. The summed E-state index contributed by atoms with van der Waals surface area (Å²) in [7, 11) is 1.57. The van der Waals surface area contributed by atoms with Gasteiger partial charge in [-0.15, -0.1) is 0 Å². The highest BCUT2D eigenvalue weighted by molar-refractivity contribution is 8.27. The van der Waals surface area contributed by atoms with E-state index in [2.05, 4.69) is 10.1 Å². The lowest BCUT2D eigenvalue weighted by Gasteiger charge is -2.20. The fourth-order valence-electron chi connectivity index (χ4n) is 3.26. The second-order valence-electron chi connectivity index (χ2n) is 7.69. The Morgan fingerprint density at radius 1 is 1.09 bits per heavy atom. The molecule has 2 aromatic rings. The molecule has 8 heteroatoms. The van der Waals surface area contributed by atoms with Crippen LogP contribution in [-0.2, 0) is 4.79 Å². The molecule has 2 heterocycles. The van der Waals surface area contributed by atoms with Crippen molar-refractivity contribution in [2.75, 3.05) is 7.11 Å². The number of amidine groups is 2. The predicted octanol–water partition coefficient (Wildman–Crippen LogP) is 5.11. The van der Waals surface area contributed by atoms with Crippen LogP contribution < -0.4 is 9.47 Å². The molecule has 164 valence electrons. The maximum atomic E-state index is 12.6. The monoisotopic (exact) mass is 448 g/mol. The van der Waals surface area contributed by atoms with Crippen molar-refractivity contribution in [2.24, 2.45) is 16.0 Å². The SMILES string of the molecule is COc1cc(/C=C2/C(=N)N3N=C(C(C)C)SC3=NC2=O)ccc1OC(C)c1ccccc1. The smallest absolute Gasteiger partial charge is 0.283 e. The summed E-state index contributed by atoms with van der Waals surface area (Å²) in [5, 5.41) is 15.6. The number of thioether (sulfide) groups is 1. The van der Waals surface area contributed by atoms with Crippen LogP contribution in [0.5, 0.6) is 11.5 Å². The fourth-order valence-corrected chi connectivity index (χ4v) is 4.15. The minimum atomic E-state index is -0.453. The number of aliphatic imine (C=N–C) groups is 1. The second kappa shape index (κ2) is 9.00. The highest BCUT2D eigenvalue weighted by atomic mass is 32.2. The Morgan fingerprint density at radius 3 is 2.53 bits per heavy atom. The summed E-state index contributed by atoms with van der Waals surface area (Å²) in [6.07, 6.45) is 1.47. The molecule has 1 amide bonds. The van der Waals surface area contributed by atoms with Gasteiger partial charge in [0.2, 0.25) is 5.17 Å². The van der Waals surface area contributed by atoms with Gasteiger partial charge in [0, 0.05) is 5.92 Å². The van der Waals surface area contributed by atoms with Gasteiger partial charge < -0.3 is 9.47 Å². The molecule has 32 heavy (non-hydrogen) atoms. The number of rotatable bonds is 6. The average Bonchev–Trinajstić information content (AvgIpc) is 3.22. The molecule has 1 unspecified atom stereocenters. The Balaban J connectivity index is 1.59. The quantitative estimate of drug-likeness (QED) is 0.621. The van der Waals surface area contributed by atoms with E-state index in [1.54, 1.807) is 25.3 Å². The number of nitrogens with zero attached hydrogens (tertiary/aromatic N) is 3. The summed E-state index contributed by atoms with van der Waals surface area (Å²) >= 11 is 1.33. The van der Waals surface area contributed by atoms with E-state index >= 15 is 0 Å². The lowest BCUT2D eigenvalue weighted by atomic mass is 10.1. The summed E-state index contributed by atoms with van der Waals surface area (Å²) in [5.41, 5.74) is 1.94. The third kappa shape index (κ3) is 4.31. The van der Waals surface area contributed by atoms with Gasteiger partial charge in [-0.3, -0.25) is 10.2 Å². The van der Waals surface area contributed by atoms with Gasteiger partial charge in [-0.2, -0.15) is 15.1 Å². The number of methoxy groups -OCH3 is 1. The lowest BCUT2D eigenvalue weighted by Crippen LogP contribution is -2.35. The van der Waals surface area contributed by atoms with Crippen LogP contribution in [0.1, 0.15) is 38.0 Å². The van der Waals surface area contributed by atoms with Crippen LogP contribution in [0.15, 0.2) is 64.2 Å². The topological polar surface area (TPSA) is 87.3 Å². The van der Waals surface area contributed by atoms with Gasteiger partial charge in [-0.05, 0) is 48.0 Å². The van der Waals surface area contributed by atoms with Gasteiger partial charge in [-0.1, -0.05) is 50.2 Å². The van der Waals surface area contributed by atoms with E-state index in [1.165, 1.54) is 16.8 Å². The number of ether oxygens (including phenoxy) is 2. The van der Waals surface area contributed by atoms with Crippen molar-refractivity contribution in [3.63, 3.8) is 0 Å². The number of hydrazone groups is 1. The molecule has 0 aromatic heterocycles. The van der Waals surface area contributed by atoms with E-state index in [-0.39, 0.29) is 23.4 Å². The summed E-state index contributed by atoms with van der Waals surface area (Å²) in [4.78, 5) is 16.7. The van der Waals surface area contributed by atoms with E-state index in [4.69, 9.17) is 14.9 Å². The van der Waals surface area contributed by atoms with E-state index < -0.39 is 5.91 Å². The van der Waals surface area contributed by atoms with E-state index in [0.717, 1.165) is 10.6 Å². The first-order chi connectivity index (χ1) is 15.4. The highest BCUT2D eigenvalue weighted by Crippen LogP contribution is 2.34. The number of nitrogens with one attached hydrogen (secondary N) is 1. The Kier molecular flexibility index (Phi) is 6.14. The number of hydrogen-bond donors (Lipinski definition) is 1. The molecule has 0 bridgehead atoms.